The highest BCUT2D eigenvalue weighted by Gasteiger charge is 2.15. The molecule has 0 atom stereocenters. The molecule has 0 unspecified atom stereocenters. The van der Waals surface area contributed by atoms with Crippen molar-refractivity contribution in [2.24, 2.45) is 0 Å². The number of hydrogen-bond acceptors (Lipinski definition) is 8. The van der Waals surface area contributed by atoms with Gasteiger partial charge in [0.15, 0.2) is 23.0 Å². The third-order valence-electron chi connectivity index (χ3n) is 2.98. The summed E-state index contributed by atoms with van der Waals surface area (Å²) in [7, 11) is 0. The van der Waals surface area contributed by atoms with E-state index >= 15 is 0 Å². The fourth-order valence-electron chi connectivity index (χ4n) is 1.96. The van der Waals surface area contributed by atoms with Crippen LogP contribution in [0.25, 0.3) is 0 Å². The van der Waals surface area contributed by atoms with Crippen LogP contribution in [0.5, 0.6) is 34.5 Å². The Morgan fingerprint density at radius 2 is 0.909 bits per heavy atom. The average Bonchev–Trinajstić information content (AvgIpc) is 2.50. The molecule has 0 radical (unpaired) electrons. The van der Waals surface area contributed by atoms with Crippen LogP contribution in [0.1, 0.15) is 0 Å². The van der Waals surface area contributed by atoms with E-state index in [1.165, 1.54) is 11.9 Å². The molecule has 8 heteroatoms. The Morgan fingerprint density at radius 1 is 0.591 bits per heavy atom. The molecule has 2 rings (SSSR count). The smallest absolute Gasteiger partial charge is 0.201 e. The first-order valence-electron chi connectivity index (χ1n) is 5.65. The second kappa shape index (κ2) is 5.06. The summed E-state index contributed by atoms with van der Waals surface area (Å²) in [5.74, 6) is -3.07. The standard InChI is InChI=1S/C14H8O8/c15-3-5-1-7(17)11(19)13(21)9(5)10-6(4-16)2-8(18)12(20)14(10)22/h1-2,17-22H. The van der Waals surface area contributed by atoms with E-state index in [9.17, 15) is 40.2 Å². The van der Waals surface area contributed by atoms with Crippen molar-refractivity contribution in [3.05, 3.63) is 33.0 Å². The molecule has 0 aliphatic rings. The molecule has 6 N–H and O–H groups in total. The molecule has 0 saturated carbocycles. The minimum atomic E-state index is -1.03. The maximum atomic E-state index is 11.0. The maximum absolute atomic E-state index is 11.0. The van der Waals surface area contributed by atoms with Crippen molar-refractivity contribution in [2.75, 3.05) is 0 Å². The monoisotopic (exact) mass is 304 g/mol. The van der Waals surface area contributed by atoms with Crippen molar-refractivity contribution in [3.63, 3.8) is 0 Å². The third kappa shape index (κ3) is 1.97. The van der Waals surface area contributed by atoms with Gasteiger partial charge in [-0.25, -0.2) is 9.59 Å². The largest absolute Gasteiger partial charge is 0.504 e. The lowest BCUT2D eigenvalue weighted by molar-refractivity contribution is 0.361. The third-order valence-corrected chi connectivity index (χ3v) is 2.98. The lowest BCUT2D eigenvalue weighted by atomic mass is 10.1. The highest BCUT2D eigenvalue weighted by Crippen LogP contribution is 2.36. The van der Waals surface area contributed by atoms with Gasteiger partial charge in [-0.1, -0.05) is 0 Å². The number of phenols is 6. The van der Waals surface area contributed by atoms with E-state index in [0.717, 1.165) is 12.1 Å². The fourth-order valence-corrected chi connectivity index (χ4v) is 1.96. The van der Waals surface area contributed by atoms with Crippen LogP contribution in [0.3, 0.4) is 0 Å². The molecule has 0 heterocycles. The Bertz CT molecular complexity index is 959. The molecule has 0 bridgehead atoms. The van der Waals surface area contributed by atoms with Gasteiger partial charge < -0.3 is 30.6 Å². The number of carbonyl (C=O) groups excluding carboxylic acids is 2. The van der Waals surface area contributed by atoms with Crippen LogP contribution in [0.4, 0.5) is 0 Å². The molecule has 0 aromatic heterocycles. The first kappa shape index (κ1) is 14.8. The van der Waals surface area contributed by atoms with Crippen molar-refractivity contribution in [1.29, 1.82) is 0 Å². The molecule has 8 nitrogen and oxygen atoms in total. The maximum Gasteiger partial charge on any atom is 0.201 e. The molecule has 0 amide bonds. The van der Waals surface area contributed by atoms with Gasteiger partial charge >= 0.3 is 0 Å². The highest BCUT2D eigenvalue weighted by molar-refractivity contribution is 5.62. The van der Waals surface area contributed by atoms with Crippen LogP contribution in [-0.2, 0) is 9.59 Å². The van der Waals surface area contributed by atoms with Gasteiger partial charge in [-0.3, -0.25) is 0 Å². The summed E-state index contributed by atoms with van der Waals surface area (Å²) in [6.07, 6.45) is 0. The number of rotatable bonds is 0. The predicted octanol–water partition coefficient (Wildman–Crippen LogP) is -1.79. The SMILES string of the molecule is O=C=c1cc(O)c(O)c(O)c1=c1c(O)c(O)c(O)cc1=C=O. The van der Waals surface area contributed by atoms with Crippen LogP contribution in [0.15, 0.2) is 12.1 Å². The quantitative estimate of drug-likeness (QED) is 0.312. The summed E-state index contributed by atoms with van der Waals surface area (Å²) < 4.78 is 0. The predicted molar refractivity (Wildman–Crippen MR) is 69.4 cm³/mol. The van der Waals surface area contributed by atoms with Crippen molar-refractivity contribution in [2.45, 2.75) is 0 Å². The Balaban J connectivity index is 3.52. The zero-order chi connectivity index (χ0) is 16.6. The number of phenolic OH excluding ortho intramolecular Hbond substituents is 6. The number of hydrogen-bond donors (Lipinski definition) is 6. The highest BCUT2D eigenvalue weighted by atomic mass is 16.3. The van der Waals surface area contributed by atoms with E-state index in [0.29, 0.717) is 0 Å². The minimum Gasteiger partial charge on any atom is -0.504 e. The Hall–Kier alpha value is -3.60. The van der Waals surface area contributed by atoms with Gasteiger partial charge in [0.25, 0.3) is 0 Å². The van der Waals surface area contributed by atoms with Crippen LogP contribution >= 0.6 is 0 Å². The van der Waals surface area contributed by atoms with Crippen LogP contribution in [-0.4, -0.2) is 42.5 Å². The Labute approximate surface area is 120 Å². The molecule has 0 aliphatic heterocycles. The summed E-state index contributed by atoms with van der Waals surface area (Å²) in [6.45, 7) is 0. The van der Waals surface area contributed by atoms with Gasteiger partial charge in [0, 0.05) is 12.1 Å². The van der Waals surface area contributed by atoms with E-state index in [4.69, 9.17) is 0 Å². The van der Waals surface area contributed by atoms with Crippen molar-refractivity contribution < 1.29 is 40.2 Å². The number of aromatic hydroxyl groups is 6. The molecule has 0 fully saturated rings. The molecule has 112 valence electrons. The molecule has 0 saturated heterocycles. The van der Waals surface area contributed by atoms with Gasteiger partial charge in [0.1, 0.15) is 11.9 Å². The lowest BCUT2D eigenvalue weighted by Gasteiger charge is -2.04. The molecule has 2 aromatic carbocycles. The van der Waals surface area contributed by atoms with Crippen molar-refractivity contribution in [1.82, 2.24) is 0 Å². The molecular weight excluding hydrogens is 296 g/mol. The molecule has 2 aromatic rings. The van der Waals surface area contributed by atoms with E-state index in [-0.39, 0.29) is 0 Å². The first-order chi connectivity index (χ1) is 10.3. The van der Waals surface area contributed by atoms with Gasteiger partial charge in [-0.2, -0.15) is 0 Å². The first-order valence-corrected chi connectivity index (χ1v) is 5.65. The van der Waals surface area contributed by atoms with E-state index in [2.05, 4.69) is 0 Å². The summed E-state index contributed by atoms with van der Waals surface area (Å²) in [4.78, 5) is 21.9. The lowest BCUT2D eigenvalue weighted by Crippen LogP contribution is -2.12. The minimum absolute atomic E-state index is 0.510. The topological polar surface area (TPSA) is 156 Å². The van der Waals surface area contributed by atoms with Crippen molar-refractivity contribution in [3.8, 4) is 34.5 Å². The van der Waals surface area contributed by atoms with Gasteiger partial charge in [0.05, 0.1) is 20.9 Å². The van der Waals surface area contributed by atoms with Crippen LogP contribution in [0, 0.1) is 10.4 Å². The average molecular weight is 304 g/mol. The number of benzene rings is 2. The van der Waals surface area contributed by atoms with Gasteiger partial charge in [-0.05, 0) is 0 Å². The Kier molecular flexibility index (Phi) is 3.41. The molecular formula is C14H8O8. The summed E-state index contributed by atoms with van der Waals surface area (Å²) in [5, 5.41) is 55.4. The summed E-state index contributed by atoms with van der Waals surface area (Å²) in [5.41, 5.74) is 0. The molecule has 0 aliphatic carbocycles. The summed E-state index contributed by atoms with van der Waals surface area (Å²) >= 11 is 0. The van der Waals surface area contributed by atoms with E-state index < -0.39 is 55.4 Å². The Morgan fingerprint density at radius 3 is 1.18 bits per heavy atom. The zero-order valence-corrected chi connectivity index (χ0v) is 10.7. The fraction of sp³-hybridized carbons (Fsp3) is 0. The van der Waals surface area contributed by atoms with Crippen LogP contribution in [0.2, 0.25) is 0 Å². The zero-order valence-electron chi connectivity index (χ0n) is 10.7. The normalized spacial score (nSPS) is 11.6. The van der Waals surface area contributed by atoms with E-state index in [1.54, 1.807) is 0 Å². The van der Waals surface area contributed by atoms with E-state index in [1.807, 2.05) is 0 Å². The second-order valence-corrected chi connectivity index (χ2v) is 4.24. The van der Waals surface area contributed by atoms with Gasteiger partial charge in [-0.15, -0.1) is 0 Å². The molecule has 22 heavy (non-hydrogen) atoms. The van der Waals surface area contributed by atoms with Gasteiger partial charge in [0.2, 0.25) is 11.5 Å². The second-order valence-electron chi connectivity index (χ2n) is 4.24. The summed E-state index contributed by atoms with van der Waals surface area (Å²) in [6, 6.07) is 1.46. The molecule has 0 spiro atoms. The van der Waals surface area contributed by atoms with Crippen LogP contribution < -0.4 is 10.4 Å². The van der Waals surface area contributed by atoms with Crippen molar-refractivity contribution >= 4 is 11.9 Å².